The van der Waals surface area contributed by atoms with Crippen molar-refractivity contribution >= 4 is 27.4 Å². The van der Waals surface area contributed by atoms with Gasteiger partial charge in [-0.3, -0.25) is 4.90 Å². The average Bonchev–Trinajstić information content (AvgIpc) is 3.12. The van der Waals surface area contributed by atoms with E-state index in [9.17, 15) is 0 Å². The van der Waals surface area contributed by atoms with Gasteiger partial charge in [-0.1, -0.05) is 38.1 Å². The lowest BCUT2D eigenvalue weighted by Gasteiger charge is -2.35. The molecule has 4 nitrogen and oxygen atoms in total. The van der Waals surface area contributed by atoms with Crippen molar-refractivity contribution in [3.05, 3.63) is 53.2 Å². The molecule has 0 bridgehead atoms. The number of rotatable bonds is 4. The molecule has 3 heterocycles. The lowest BCUT2D eigenvalue weighted by molar-refractivity contribution is 0.249. The minimum atomic E-state index is 0.597. The predicted octanol–water partition coefficient (Wildman–Crippen LogP) is 4.14. The van der Waals surface area contributed by atoms with Crippen molar-refractivity contribution in [2.75, 3.05) is 31.1 Å². The number of hydrogen-bond acceptors (Lipinski definition) is 5. The number of piperazine rings is 1. The van der Waals surface area contributed by atoms with E-state index in [2.05, 4.69) is 69.3 Å². The van der Waals surface area contributed by atoms with E-state index in [4.69, 9.17) is 0 Å². The van der Waals surface area contributed by atoms with Crippen molar-refractivity contribution in [3.8, 4) is 0 Å². The molecule has 3 aromatic rings. The van der Waals surface area contributed by atoms with Crippen LogP contribution < -0.4 is 4.90 Å². The normalized spacial score (nSPS) is 16.0. The lowest BCUT2D eigenvalue weighted by atomic mass is 10.0. The number of fused-ring (bicyclic) bond motifs is 1. The van der Waals surface area contributed by atoms with Crippen LogP contribution in [0.15, 0.2) is 42.0 Å². The van der Waals surface area contributed by atoms with Gasteiger partial charge in [0.05, 0.1) is 5.39 Å². The topological polar surface area (TPSA) is 32.3 Å². The first-order valence-corrected chi connectivity index (χ1v) is 9.83. The van der Waals surface area contributed by atoms with E-state index in [-0.39, 0.29) is 0 Å². The van der Waals surface area contributed by atoms with Crippen LogP contribution >= 0.6 is 11.3 Å². The molecule has 25 heavy (non-hydrogen) atoms. The summed E-state index contributed by atoms with van der Waals surface area (Å²) in [6.07, 6.45) is 1.69. The van der Waals surface area contributed by atoms with Crippen LogP contribution in [-0.2, 0) is 6.54 Å². The van der Waals surface area contributed by atoms with E-state index < -0.39 is 0 Å². The van der Waals surface area contributed by atoms with Gasteiger partial charge < -0.3 is 4.90 Å². The lowest BCUT2D eigenvalue weighted by Crippen LogP contribution is -2.46. The molecule has 0 saturated carbocycles. The van der Waals surface area contributed by atoms with Crippen molar-refractivity contribution in [3.63, 3.8) is 0 Å². The van der Waals surface area contributed by atoms with Gasteiger partial charge in [0, 0.05) is 32.7 Å². The summed E-state index contributed by atoms with van der Waals surface area (Å²) in [5.41, 5.74) is 2.82. The SMILES string of the molecule is CC(C)c1ccc(CN2CCN(c3ncnc4sccc34)CC2)cc1. The molecule has 0 unspecified atom stereocenters. The number of anilines is 1. The van der Waals surface area contributed by atoms with Gasteiger partial charge in [0.25, 0.3) is 0 Å². The van der Waals surface area contributed by atoms with Gasteiger partial charge in [-0.2, -0.15) is 0 Å². The molecule has 4 rings (SSSR count). The first kappa shape index (κ1) is 16.5. The van der Waals surface area contributed by atoms with E-state index in [0.717, 1.165) is 43.4 Å². The average molecular weight is 353 g/mol. The molecular weight excluding hydrogens is 328 g/mol. The van der Waals surface area contributed by atoms with Crippen LogP contribution in [0, 0.1) is 0 Å². The Labute approximate surface area is 153 Å². The van der Waals surface area contributed by atoms with Crippen molar-refractivity contribution in [2.45, 2.75) is 26.3 Å². The Morgan fingerprint density at radius 2 is 1.76 bits per heavy atom. The fourth-order valence-corrected chi connectivity index (χ4v) is 4.14. The number of nitrogens with zero attached hydrogens (tertiary/aromatic N) is 4. The fraction of sp³-hybridized carbons (Fsp3) is 0.400. The zero-order chi connectivity index (χ0) is 17.2. The number of thiophene rings is 1. The van der Waals surface area contributed by atoms with Gasteiger partial charge in [-0.25, -0.2) is 9.97 Å². The van der Waals surface area contributed by atoms with E-state index in [1.807, 2.05) is 0 Å². The molecule has 2 aromatic heterocycles. The minimum absolute atomic E-state index is 0.597. The van der Waals surface area contributed by atoms with Crippen LogP contribution in [0.3, 0.4) is 0 Å². The van der Waals surface area contributed by atoms with Crippen LogP contribution in [0.25, 0.3) is 10.2 Å². The van der Waals surface area contributed by atoms with Crippen LogP contribution in [0.1, 0.15) is 30.9 Å². The van der Waals surface area contributed by atoms with Crippen molar-refractivity contribution < 1.29 is 0 Å². The van der Waals surface area contributed by atoms with Crippen molar-refractivity contribution in [1.29, 1.82) is 0 Å². The van der Waals surface area contributed by atoms with Crippen molar-refractivity contribution in [1.82, 2.24) is 14.9 Å². The monoisotopic (exact) mass is 352 g/mol. The van der Waals surface area contributed by atoms with Crippen LogP contribution in [-0.4, -0.2) is 41.0 Å². The van der Waals surface area contributed by atoms with Gasteiger partial charge in [-0.05, 0) is 28.5 Å². The van der Waals surface area contributed by atoms with Gasteiger partial charge in [-0.15, -0.1) is 11.3 Å². The maximum atomic E-state index is 4.54. The smallest absolute Gasteiger partial charge is 0.140 e. The van der Waals surface area contributed by atoms with Crippen LogP contribution in [0.2, 0.25) is 0 Å². The third-order valence-electron chi connectivity index (χ3n) is 4.97. The molecular formula is C20H24N4S. The number of aromatic nitrogens is 2. The molecule has 130 valence electrons. The van der Waals surface area contributed by atoms with E-state index >= 15 is 0 Å². The Morgan fingerprint density at radius 3 is 2.48 bits per heavy atom. The quantitative estimate of drug-likeness (QED) is 0.706. The third kappa shape index (κ3) is 3.53. The zero-order valence-corrected chi connectivity index (χ0v) is 15.7. The maximum Gasteiger partial charge on any atom is 0.140 e. The van der Waals surface area contributed by atoms with Crippen molar-refractivity contribution in [2.24, 2.45) is 0 Å². The zero-order valence-electron chi connectivity index (χ0n) is 14.9. The molecule has 0 atom stereocenters. The molecule has 0 spiro atoms. The Hall–Kier alpha value is -1.98. The molecule has 0 aliphatic carbocycles. The highest BCUT2D eigenvalue weighted by Crippen LogP contribution is 2.27. The second-order valence-electron chi connectivity index (χ2n) is 7.00. The van der Waals surface area contributed by atoms with E-state index in [1.165, 1.54) is 16.5 Å². The van der Waals surface area contributed by atoms with Gasteiger partial charge >= 0.3 is 0 Å². The second-order valence-corrected chi connectivity index (χ2v) is 7.89. The highest BCUT2D eigenvalue weighted by molar-refractivity contribution is 7.16. The first-order valence-electron chi connectivity index (χ1n) is 8.95. The molecule has 5 heteroatoms. The Morgan fingerprint density at radius 1 is 1.00 bits per heavy atom. The van der Waals surface area contributed by atoms with Gasteiger partial charge in [0.15, 0.2) is 0 Å². The molecule has 0 N–H and O–H groups in total. The molecule has 1 saturated heterocycles. The summed E-state index contributed by atoms with van der Waals surface area (Å²) in [6.45, 7) is 9.70. The van der Waals surface area contributed by atoms with Gasteiger partial charge in [0.2, 0.25) is 0 Å². The summed E-state index contributed by atoms with van der Waals surface area (Å²) < 4.78 is 0. The highest BCUT2D eigenvalue weighted by atomic mass is 32.1. The summed E-state index contributed by atoms with van der Waals surface area (Å²) in [6, 6.07) is 11.2. The second kappa shape index (κ2) is 7.10. The summed E-state index contributed by atoms with van der Waals surface area (Å²) in [5.74, 6) is 1.69. The summed E-state index contributed by atoms with van der Waals surface area (Å²) in [4.78, 5) is 14.9. The Kier molecular flexibility index (Phi) is 4.68. The molecule has 1 aliphatic heterocycles. The third-order valence-corrected chi connectivity index (χ3v) is 5.79. The highest BCUT2D eigenvalue weighted by Gasteiger charge is 2.20. The first-order chi connectivity index (χ1) is 12.2. The fourth-order valence-electron chi connectivity index (χ4n) is 3.41. The number of benzene rings is 1. The summed E-state index contributed by atoms with van der Waals surface area (Å²) in [7, 11) is 0. The minimum Gasteiger partial charge on any atom is -0.353 e. The van der Waals surface area contributed by atoms with Gasteiger partial charge in [0.1, 0.15) is 17.0 Å². The summed E-state index contributed by atoms with van der Waals surface area (Å²) >= 11 is 1.68. The molecule has 1 aliphatic rings. The predicted molar refractivity (Wildman–Crippen MR) is 105 cm³/mol. The molecule has 1 fully saturated rings. The van der Waals surface area contributed by atoms with Crippen LogP contribution in [0.4, 0.5) is 5.82 Å². The van der Waals surface area contributed by atoms with E-state index in [0.29, 0.717) is 5.92 Å². The number of hydrogen-bond donors (Lipinski definition) is 0. The molecule has 0 radical (unpaired) electrons. The maximum absolute atomic E-state index is 4.54. The largest absolute Gasteiger partial charge is 0.353 e. The molecule has 1 aromatic carbocycles. The van der Waals surface area contributed by atoms with Crippen LogP contribution in [0.5, 0.6) is 0 Å². The Bertz CT molecular complexity index is 832. The van der Waals surface area contributed by atoms with E-state index in [1.54, 1.807) is 17.7 Å². The Balaban J connectivity index is 1.39. The summed E-state index contributed by atoms with van der Waals surface area (Å²) in [5, 5.41) is 3.28. The molecule has 0 amide bonds. The standard InChI is InChI=1S/C20H24N4S/c1-15(2)17-5-3-16(4-6-17)13-23-8-10-24(11-9-23)19-18-7-12-25-20(18)22-14-21-19/h3-7,12,14-15H,8-11,13H2,1-2H3.